The van der Waals surface area contributed by atoms with Gasteiger partial charge in [-0.2, -0.15) is 0 Å². The first-order valence-electron chi connectivity index (χ1n) is 11.5. The van der Waals surface area contributed by atoms with E-state index in [1.807, 2.05) is 48.5 Å². The molecule has 0 radical (unpaired) electrons. The number of aromatic nitrogens is 5. The maximum atomic E-state index is 12.9. The molecule has 0 saturated carbocycles. The fraction of sp³-hybridized carbons (Fsp3) is 0.192. The van der Waals surface area contributed by atoms with E-state index in [4.69, 9.17) is 9.97 Å². The molecule has 0 bridgehead atoms. The number of hydrogen-bond acceptors (Lipinski definition) is 7. The highest BCUT2D eigenvalue weighted by Gasteiger charge is 2.20. The molecular formula is C26H19Br2N5OS2. The third-order valence-electron chi connectivity index (χ3n) is 6.11. The minimum absolute atomic E-state index is 0.0461. The third kappa shape index (κ3) is 4.79. The van der Waals surface area contributed by atoms with E-state index >= 15 is 0 Å². The zero-order valence-corrected chi connectivity index (χ0v) is 23.7. The molecule has 0 aliphatic heterocycles. The number of halogens is 2. The van der Waals surface area contributed by atoms with Gasteiger partial charge in [0.1, 0.15) is 22.0 Å². The molecule has 36 heavy (non-hydrogen) atoms. The summed E-state index contributed by atoms with van der Waals surface area (Å²) in [6.45, 7) is 0. The second kappa shape index (κ2) is 10.2. The van der Waals surface area contributed by atoms with Crippen LogP contribution in [0.3, 0.4) is 0 Å². The van der Waals surface area contributed by atoms with E-state index in [0.717, 1.165) is 55.2 Å². The lowest BCUT2D eigenvalue weighted by atomic mass is 9.97. The van der Waals surface area contributed by atoms with Gasteiger partial charge in [-0.05, 0) is 55.5 Å². The Morgan fingerprint density at radius 2 is 1.53 bits per heavy atom. The Bertz CT molecular complexity index is 1630. The molecule has 0 saturated heterocycles. The molecule has 2 aromatic carbocycles. The van der Waals surface area contributed by atoms with Gasteiger partial charge in [-0.25, -0.2) is 9.97 Å². The van der Waals surface area contributed by atoms with E-state index in [2.05, 4.69) is 47.0 Å². The quantitative estimate of drug-likeness (QED) is 0.205. The van der Waals surface area contributed by atoms with E-state index < -0.39 is 0 Å². The lowest BCUT2D eigenvalue weighted by Crippen LogP contribution is -2.12. The predicted molar refractivity (Wildman–Crippen MR) is 153 cm³/mol. The minimum Gasteiger partial charge on any atom is -0.309 e. The van der Waals surface area contributed by atoms with Crippen LogP contribution >= 0.6 is 55.0 Å². The van der Waals surface area contributed by atoms with E-state index in [1.165, 1.54) is 28.6 Å². The maximum Gasteiger partial charge on any atom is 0.259 e. The number of benzene rings is 2. The first-order chi connectivity index (χ1) is 17.5. The van der Waals surface area contributed by atoms with Crippen molar-refractivity contribution in [2.45, 2.75) is 36.6 Å². The zero-order valence-electron chi connectivity index (χ0n) is 18.9. The van der Waals surface area contributed by atoms with Crippen molar-refractivity contribution in [3.8, 4) is 22.5 Å². The smallest absolute Gasteiger partial charge is 0.259 e. The predicted octanol–water partition coefficient (Wildman–Crippen LogP) is 7.20. The normalized spacial score (nSPS) is 13.2. The fourth-order valence-electron chi connectivity index (χ4n) is 4.39. The lowest BCUT2D eigenvalue weighted by Gasteiger charge is -2.10. The van der Waals surface area contributed by atoms with Crippen LogP contribution in [0.15, 0.2) is 67.4 Å². The summed E-state index contributed by atoms with van der Waals surface area (Å²) in [4.78, 5) is 27.7. The number of nitrogens with zero attached hydrogens (tertiary/aromatic N) is 4. The molecule has 3 heterocycles. The molecule has 0 unspecified atom stereocenters. The highest BCUT2D eigenvalue weighted by molar-refractivity contribution is 9.10. The summed E-state index contributed by atoms with van der Waals surface area (Å²) in [5, 5.41) is 10.3. The van der Waals surface area contributed by atoms with Crippen molar-refractivity contribution in [3.63, 3.8) is 0 Å². The molecule has 5 aromatic rings. The average molecular weight is 641 g/mol. The van der Waals surface area contributed by atoms with Gasteiger partial charge in [0, 0.05) is 24.9 Å². The summed E-state index contributed by atoms with van der Waals surface area (Å²) in [6.07, 6.45) is 4.33. The molecule has 0 fully saturated rings. The number of fused-ring (bicyclic) bond motifs is 3. The minimum atomic E-state index is -0.0461. The summed E-state index contributed by atoms with van der Waals surface area (Å²) < 4.78 is 1.99. The maximum absolute atomic E-state index is 12.9. The molecule has 1 aliphatic carbocycles. The van der Waals surface area contributed by atoms with Crippen molar-refractivity contribution in [2.75, 3.05) is 0 Å². The van der Waals surface area contributed by atoms with Crippen LogP contribution in [0.2, 0.25) is 0 Å². The van der Waals surface area contributed by atoms with Gasteiger partial charge in [0.2, 0.25) is 5.16 Å². The summed E-state index contributed by atoms with van der Waals surface area (Å²) in [6, 6.07) is 15.9. The highest BCUT2D eigenvalue weighted by atomic mass is 79.9. The first kappa shape index (κ1) is 24.0. The summed E-state index contributed by atoms with van der Waals surface area (Å²) in [7, 11) is 0. The second-order valence-electron chi connectivity index (χ2n) is 8.50. The zero-order chi connectivity index (χ0) is 24.6. The van der Waals surface area contributed by atoms with Crippen LogP contribution in [0.4, 0.5) is 0 Å². The van der Waals surface area contributed by atoms with Crippen LogP contribution < -0.4 is 5.56 Å². The number of rotatable bonds is 5. The largest absolute Gasteiger partial charge is 0.309 e. The van der Waals surface area contributed by atoms with Gasteiger partial charge in [0.25, 0.3) is 5.56 Å². The van der Waals surface area contributed by atoms with Crippen LogP contribution in [0.25, 0.3) is 32.7 Å². The Labute approximate surface area is 232 Å². The van der Waals surface area contributed by atoms with Gasteiger partial charge in [-0.1, -0.05) is 67.9 Å². The summed E-state index contributed by atoms with van der Waals surface area (Å²) in [5.74, 6) is 1.08. The van der Waals surface area contributed by atoms with Gasteiger partial charge < -0.3 is 4.98 Å². The van der Waals surface area contributed by atoms with E-state index in [1.54, 1.807) is 11.3 Å². The van der Waals surface area contributed by atoms with Gasteiger partial charge in [0.15, 0.2) is 0 Å². The number of hydrogen-bond donors (Lipinski definition) is 1. The monoisotopic (exact) mass is 639 g/mol. The van der Waals surface area contributed by atoms with Gasteiger partial charge in [-0.3, -0.25) is 4.79 Å². The number of aryl methyl sites for hydroxylation is 2. The fourth-order valence-corrected chi connectivity index (χ4v) is 6.86. The van der Waals surface area contributed by atoms with Gasteiger partial charge >= 0.3 is 0 Å². The molecule has 0 atom stereocenters. The Morgan fingerprint density at radius 3 is 2.25 bits per heavy atom. The second-order valence-corrected chi connectivity index (χ2v) is 12.4. The van der Waals surface area contributed by atoms with Crippen molar-refractivity contribution in [1.82, 2.24) is 25.1 Å². The van der Waals surface area contributed by atoms with Crippen molar-refractivity contribution >= 4 is 65.2 Å². The molecule has 6 nitrogen and oxygen atoms in total. The Hall–Kier alpha value is -2.40. The number of aromatic amines is 1. The first-order valence-corrected chi connectivity index (χ1v) is 14.9. The Morgan fingerprint density at radius 1 is 0.861 bits per heavy atom. The topological polar surface area (TPSA) is 84.4 Å². The van der Waals surface area contributed by atoms with Crippen LogP contribution in [0.1, 0.15) is 29.1 Å². The molecule has 180 valence electrons. The van der Waals surface area contributed by atoms with Crippen LogP contribution in [0, 0.1) is 0 Å². The van der Waals surface area contributed by atoms with Crippen molar-refractivity contribution in [2.24, 2.45) is 0 Å². The molecule has 10 heteroatoms. The van der Waals surface area contributed by atoms with Crippen molar-refractivity contribution in [3.05, 3.63) is 84.1 Å². The molecule has 0 spiro atoms. The number of nitrogens with one attached hydrogen (secondary N) is 1. The van der Waals surface area contributed by atoms with E-state index in [9.17, 15) is 4.79 Å². The molecule has 0 amide bonds. The average Bonchev–Trinajstić information content (AvgIpc) is 3.27. The Balaban J connectivity index is 1.33. The number of thiophene rings is 1. The number of thioether (sulfide) groups is 1. The third-order valence-corrected chi connectivity index (χ3v) is 9.21. The van der Waals surface area contributed by atoms with Gasteiger partial charge in [-0.15, -0.1) is 21.5 Å². The molecule has 3 aromatic heterocycles. The summed E-state index contributed by atoms with van der Waals surface area (Å²) in [5.41, 5.74) is 4.51. The summed E-state index contributed by atoms with van der Waals surface area (Å²) >= 11 is 10.1. The standard InChI is InChI=1S/C26H19Br2N5OS2/c27-16-9-5-14(6-10-16)22-23(15-7-11-17(28)12-8-15)32-33-26(31-22)35-13-20-29-24(34)21-18-3-1-2-4-19(18)36-25(21)30-20/h5-12H,1-4,13H2,(H,29,30,34). The molecule has 6 rings (SSSR count). The molecular weight excluding hydrogens is 622 g/mol. The Kier molecular flexibility index (Phi) is 6.76. The highest BCUT2D eigenvalue weighted by Crippen LogP contribution is 2.34. The SMILES string of the molecule is O=c1[nH]c(CSc2nnc(-c3ccc(Br)cc3)c(-c3ccc(Br)cc3)n2)nc2sc3c(c12)CCCC3. The van der Waals surface area contributed by atoms with Gasteiger partial charge in [0.05, 0.1) is 11.1 Å². The lowest BCUT2D eigenvalue weighted by molar-refractivity contribution is 0.700. The molecule has 1 aliphatic rings. The van der Waals surface area contributed by atoms with E-state index in [0.29, 0.717) is 22.4 Å². The van der Waals surface area contributed by atoms with Crippen LogP contribution in [0.5, 0.6) is 0 Å². The van der Waals surface area contributed by atoms with E-state index in [-0.39, 0.29) is 5.56 Å². The number of H-pyrrole nitrogens is 1. The van der Waals surface area contributed by atoms with Crippen molar-refractivity contribution in [1.29, 1.82) is 0 Å². The van der Waals surface area contributed by atoms with Crippen molar-refractivity contribution < 1.29 is 0 Å². The van der Waals surface area contributed by atoms with Crippen LogP contribution in [-0.2, 0) is 18.6 Å². The van der Waals surface area contributed by atoms with Crippen LogP contribution in [-0.4, -0.2) is 25.1 Å². The molecule has 1 N–H and O–H groups in total.